The van der Waals surface area contributed by atoms with E-state index in [0.717, 1.165) is 12.2 Å². The molecule has 1 heterocycles. The summed E-state index contributed by atoms with van der Waals surface area (Å²) in [4.78, 5) is 0. The van der Waals surface area contributed by atoms with Crippen LogP contribution >= 0.6 is 0 Å². The summed E-state index contributed by atoms with van der Waals surface area (Å²) in [6, 6.07) is 8.70. The lowest BCUT2D eigenvalue weighted by molar-refractivity contribution is 0.388. The average Bonchev–Trinajstić information content (AvgIpc) is 2.91. The van der Waals surface area contributed by atoms with E-state index in [4.69, 9.17) is 4.74 Å². The Hall–Kier alpha value is -1.81. The van der Waals surface area contributed by atoms with Crippen LogP contribution in [0.25, 0.3) is 0 Å². The van der Waals surface area contributed by atoms with E-state index in [-0.39, 0.29) is 12.1 Å². The number of methoxy groups -OCH3 is 1. The van der Waals surface area contributed by atoms with Gasteiger partial charge in [-0.1, -0.05) is 25.1 Å². The van der Waals surface area contributed by atoms with E-state index in [1.54, 1.807) is 7.11 Å². The van der Waals surface area contributed by atoms with E-state index in [1.807, 2.05) is 36.3 Å². The number of nitrogens with one attached hydrogen (secondary N) is 1. The number of para-hydroxylation sites is 1. The van der Waals surface area contributed by atoms with Crippen molar-refractivity contribution in [2.24, 2.45) is 7.05 Å². The normalized spacial score (nSPS) is 14.0. The van der Waals surface area contributed by atoms with Crippen LogP contribution in [-0.4, -0.2) is 16.9 Å². The number of aryl methyl sites for hydroxylation is 1. The van der Waals surface area contributed by atoms with Gasteiger partial charge in [0.05, 0.1) is 13.3 Å². The highest BCUT2D eigenvalue weighted by Gasteiger charge is 2.17. The molecule has 0 spiro atoms. The molecule has 4 heteroatoms. The maximum atomic E-state index is 5.46. The minimum absolute atomic E-state index is 0.249. The fraction of sp³-hybridized carbons (Fsp3) is 0.438. The number of aromatic nitrogens is 2. The van der Waals surface area contributed by atoms with E-state index in [9.17, 15) is 0 Å². The molecule has 2 atom stereocenters. The zero-order valence-corrected chi connectivity index (χ0v) is 12.6. The lowest BCUT2D eigenvalue weighted by atomic mass is 10.0. The Morgan fingerprint density at radius 1 is 1.35 bits per heavy atom. The van der Waals surface area contributed by atoms with Crippen LogP contribution in [0.15, 0.2) is 36.7 Å². The average molecular weight is 273 g/mol. The van der Waals surface area contributed by atoms with Crippen molar-refractivity contribution in [3.8, 4) is 5.75 Å². The summed E-state index contributed by atoms with van der Waals surface area (Å²) < 4.78 is 7.29. The van der Waals surface area contributed by atoms with Gasteiger partial charge in [0.2, 0.25) is 0 Å². The summed E-state index contributed by atoms with van der Waals surface area (Å²) >= 11 is 0. The number of rotatable bonds is 6. The molecule has 1 aromatic carbocycles. The van der Waals surface area contributed by atoms with Gasteiger partial charge < -0.3 is 10.1 Å². The molecule has 0 aliphatic rings. The molecule has 1 aromatic heterocycles. The molecular formula is C16H23N3O. The van der Waals surface area contributed by atoms with Crippen LogP contribution in [0.5, 0.6) is 5.75 Å². The maximum absolute atomic E-state index is 5.46. The Morgan fingerprint density at radius 2 is 2.10 bits per heavy atom. The first-order valence-electron chi connectivity index (χ1n) is 7.03. The monoisotopic (exact) mass is 273 g/mol. The Balaban J connectivity index is 2.16. The van der Waals surface area contributed by atoms with Crippen LogP contribution in [0.1, 0.15) is 43.5 Å². The minimum atomic E-state index is 0.249. The SMILES string of the molecule is CCC(NC(C)c1cnn(C)c1)c1ccccc1OC. The fourth-order valence-electron chi connectivity index (χ4n) is 2.44. The van der Waals surface area contributed by atoms with Crippen LogP contribution < -0.4 is 10.1 Å². The van der Waals surface area contributed by atoms with E-state index in [0.29, 0.717) is 0 Å². The summed E-state index contributed by atoms with van der Waals surface area (Å²) in [7, 11) is 3.66. The molecule has 20 heavy (non-hydrogen) atoms. The first-order chi connectivity index (χ1) is 9.65. The van der Waals surface area contributed by atoms with Crippen LogP contribution in [0.3, 0.4) is 0 Å². The van der Waals surface area contributed by atoms with E-state index in [1.165, 1.54) is 11.1 Å². The minimum Gasteiger partial charge on any atom is -0.496 e. The zero-order chi connectivity index (χ0) is 14.5. The maximum Gasteiger partial charge on any atom is 0.123 e. The van der Waals surface area contributed by atoms with Crippen molar-refractivity contribution in [3.63, 3.8) is 0 Å². The highest BCUT2D eigenvalue weighted by atomic mass is 16.5. The molecule has 0 aliphatic heterocycles. The van der Waals surface area contributed by atoms with Crippen LogP contribution in [0, 0.1) is 0 Å². The molecule has 1 N–H and O–H groups in total. The van der Waals surface area contributed by atoms with Crippen molar-refractivity contribution in [1.82, 2.24) is 15.1 Å². The molecule has 0 saturated carbocycles. The Bertz CT molecular complexity index is 550. The predicted octanol–water partition coefficient (Wildman–Crippen LogP) is 3.23. The summed E-state index contributed by atoms with van der Waals surface area (Å²) in [5.41, 5.74) is 2.40. The number of hydrogen-bond acceptors (Lipinski definition) is 3. The Kier molecular flexibility index (Phi) is 4.79. The van der Waals surface area contributed by atoms with Gasteiger partial charge in [-0.2, -0.15) is 5.10 Å². The van der Waals surface area contributed by atoms with Crippen molar-refractivity contribution in [2.45, 2.75) is 32.4 Å². The smallest absolute Gasteiger partial charge is 0.123 e. The first kappa shape index (κ1) is 14.6. The summed E-state index contributed by atoms with van der Waals surface area (Å²) in [5.74, 6) is 0.935. The molecule has 2 aromatic rings. The van der Waals surface area contributed by atoms with Gasteiger partial charge in [0.1, 0.15) is 5.75 Å². The molecule has 4 nitrogen and oxygen atoms in total. The summed E-state index contributed by atoms with van der Waals surface area (Å²) in [6.07, 6.45) is 4.96. The third-order valence-electron chi connectivity index (χ3n) is 3.60. The third kappa shape index (κ3) is 3.20. The molecule has 0 saturated heterocycles. The van der Waals surface area contributed by atoms with Crippen molar-refractivity contribution in [2.75, 3.05) is 7.11 Å². The second-order valence-electron chi connectivity index (χ2n) is 5.04. The third-order valence-corrected chi connectivity index (χ3v) is 3.60. The predicted molar refractivity (Wildman–Crippen MR) is 80.8 cm³/mol. The molecule has 0 amide bonds. The number of benzene rings is 1. The molecule has 0 aliphatic carbocycles. The molecular weight excluding hydrogens is 250 g/mol. The van der Waals surface area contributed by atoms with E-state index in [2.05, 4.69) is 36.4 Å². The lowest BCUT2D eigenvalue weighted by Crippen LogP contribution is -2.24. The molecule has 2 unspecified atom stereocenters. The van der Waals surface area contributed by atoms with Crippen molar-refractivity contribution in [1.29, 1.82) is 0 Å². The van der Waals surface area contributed by atoms with Gasteiger partial charge in [0.15, 0.2) is 0 Å². The van der Waals surface area contributed by atoms with Gasteiger partial charge in [0.25, 0.3) is 0 Å². The zero-order valence-electron chi connectivity index (χ0n) is 12.6. The second kappa shape index (κ2) is 6.57. The number of ether oxygens (including phenoxy) is 1. The summed E-state index contributed by atoms with van der Waals surface area (Å²) in [6.45, 7) is 4.34. The van der Waals surface area contributed by atoms with Gasteiger partial charge in [-0.05, 0) is 19.4 Å². The second-order valence-corrected chi connectivity index (χ2v) is 5.04. The fourth-order valence-corrected chi connectivity index (χ4v) is 2.44. The number of nitrogens with zero attached hydrogens (tertiary/aromatic N) is 2. The number of hydrogen-bond donors (Lipinski definition) is 1. The van der Waals surface area contributed by atoms with Gasteiger partial charge in [-0.3, -0.25) is 4.68 Å². The Labute approximate surface area is 120 Å². The van der Waals surface area contributed by atoms with Crippen LogP contribution in [-0.2, 0) is 7.05 Å². The molecule has 0 fully saturated rings. The van der Waals surface area contributed by atoms with E-state index >= 15 is 0 Å². The first-order valence-corrected chi connectivity index (χ1v) is 7.03. The largest absolute Gasteiger partial charge is 0.496 e. The van der Waals surface area contributed by atoms with Crippen molar-refractivity contribution in [3.05, 3.63) is 47.8 Å². The topological polar surface area (TPSA) is 39.1 Å². The van der Waals surface area contributed by atoms with Gasteiger partial charge in [0, 0.05) is 36.5 Å². The van der Waals surface area contributed by atoms with Gasteiger partial charge in [-0.15, -0.1) is 0 Å². The van der Waals surface area contributed by atoms with Crippen LogP contribution in [0.2, 0.25) is 0 Å². The van der Waals surface area contributed by atoms with Gasteiger partial charge in [-0.25, -0.2) is 0 Å². The highest BCUT2D eigenvalue weighted by molar-refractivity contribution is 5.36. The highest BCUT2D eigenvalue weighted by Crippen LogP contribution is 2.29. The Morgan fingerprint density at radius 3 is 2.70 bits per heavy atom. The molecule has 0 bridgehead atoms. The summed E-state index contributed by atoms with van der Waals surface area (Å²) in [5, 5.41) is 7.88. The molecule has 108 valence electrons. The van der Waals surface area contributed by atoms with E-state index < -0.39 is 0 Å². The molecule has 2 rings (SSSR count). The van der Waals surface area contributed by atoms with Crippen LogP contribution in [0.4, 0.5) is 0 Å². The lowest BCUT2D eigenvalue weighted by Gasteiger charge is -2.23. The quantitative estimate of drug-likeness (QED) is 0.878. The molecule has 0 radical (unpaired) electrons. The standard InChI is InChI=1S/C16H23N3O/c1-5-15(14-8-6-7-9-16(14)20-4)18-12(2)13-10-17-19(3)11-13/h6-12,15,18H,5H2,1-4H3. The van der Waals surface area contributed by atoms with Gasteiger partial charge >= 0.3 is 0 Å². The van der Waals surface area contributed by atoms with Crippen molar-refractivity contribution >= 4 is 0 Å². The van der Waals surface area contributed by atoms with Crippen molar-refractivity contribution < 1.29 is 4.74 Å².